The highest BCUT2D eigenvalue weighted by Crippen LogP contribution is 2.22. The molecule has 3 aromatic rings. The third-order valence-corrected chi connectivity index (χ3v) is 5.83. The van der Waals surface area contributed by atoms with E-state index in [1.807, 2.05) is 24.3 Å². The number of para-hydroxylation sites is 2. The number of aromatic nitrogens is 3. The minimum atomic E-state index is 0.0331. The molecule has 0 unspecified atom stereocenters. The number of rotatable bonds is 4. The van der Waals surface area contributed by atoms with Crippen LogP contribution in [0.1, 0.15) is 24.1 Å². The second-order valence-corrected chi connectivity index (χ2v) is 7.68. The number of aryl methyl sites for hydroxylation is 2. The number of oxazole rings is 1. The van der Waals surface area contributed by atoms with Crippen molar-refractivity contribution in [3.63, 3.8) is 0 Å². The summed E-state index contributed by atoms with van der Waals surface area (Å²) in [7, 11) is 0. The number of benzene rings is 1. The van der Waals surface area contributed by atoms with Crippen LogP contribution < -0.4 is 10.5 Å². The molecular weight excluding hydrogens is 354 g/mol. The third-order valence-electron chi connectivity index (χ3n) is 5.83. The van der Waals surface area contributed by atoms with Crippen molar-refractivity contribution in [3.8, 4) is 0 Å². The van der Waals surface area contributed by atoms with E-state index in [1.54, 1.807) is 10.7 Å². The molecule has 7 heteroatoms. The summed E-state index contributed by atoms with van der Waals surface area (Å²) in [5.41, 5.74) is 4.03. The summed E-state index contributed by atoms with van der Waals surface area (Å²) in [5, 5.41) is 4.63. The van der Waals surface area contributed by atoms with Gasteiger partial charge in [-0.2, -0.15) is 10.1 Å². The summed E-state index contributed by atoms with van der Waals surface area (Å²) in [6.07, 6.45) is 4.34. The second-order valence-electron chi connectivity index (χ2n) is 7.68. The van der Waals surface area contributed by atoms with Crippen LogP contribution in [-0.2, 0) is 19.4 Å². The number of hydrogen-bond acceptors (Lipinski definition) is 6. The van der Waals surface area contributed by atoms with Crippen molar-refractivity contribution in [2.45, 2.75) is 32.2 Å². The van der Waals surface area contributed by atoms with Crippen LogP contribution in [0.4, 0.5) is 6.01 Å². The number of nitrogens with zero attached hydrogens (tertiary/aromatic N) is 5. The first-order chi connectivity index (χ1) is 13.8. The van der Waals surface area contributed by atoms with Crippen molar-refractivity contribution < 1.29 is 4.42 Å². The molecule has 1 aromatic carbocycles. The molecule has 1 aliphatic heterocycles. The molecule has 2 aromatic heterocycles. The molecule has 1 fully saturated rings. The Morgan fingerprint density at radius 1 is 1.00 bits per heavy atom. The van der Waals surface area contributed by atoms with Crippen molar-refractivity contribution in [2.75, 3.05) is 37.6 Å². The van der Waals surface area contributed by atoms with Gasteiger partial charge in [0.1, 0.15) is 5.52 Å². The van der Waals surface area contributed by atoms with Gasteiger partial charge in [-0.3, -0.25) is 9.69 Å². The van der Waals surface area contributed by atoms with Gasteiger partial charge in [-0.15, -0.1) is 0 Å². The van der Waals surface area contributed by atoms with Crippen molar-refractivity contribution >= 4 is 17.1 Å². The first kappa shape index (κ1) is 17.4. The zero-order valence-electron chi connectivity index (χ0n) is 16.0. The Balaban J connectivity index is 1.19. The molecule has 3 heterocycles. The Morgan fingerprint density at radius 2 is 1.82 bits per heavy atom. The summed E-state index contributed by atoms with van der Waals surface area (Å²) in [6.45, 7) is 5.09. The lowest BCUT2D eigenvalue weighted by molar-refractivity contribution is 0.238. The molecular formula is C21H25N5O2. The fraction of sp³-hybridized carbons (Fsp3) is 0.476. The van der Waals surface area contributed by atoms with Gasteiger partial charge in [-0.25, -0.2) is 4.68 Å². The topological polar surface area (TPSA) is 67.4 Å². The molecule has 2 aliphatic rings. The molecule has 0 atom stereocenters. The lowest BCUT2D eigenvalue weighted by atomic mass is 9.97. The summed E-state index contributed by atoms with van der Waals surface area (Å²) >= 11 is 0. The maximum Gasteiger partial charge on any atom is 0.298 e. The Kier molecular flexibility index (Phi) is 4.60. The average molecular weight is 379 g/mol. The molecule has 0 N–H and O–H groups in total. The maximum absolute atomic E-state index is 12.3. The average Bonchev–Trinajstić information content (AvgIpc) is 3.17. The third kappa shape index (κ3) is 3.42. The SMILES string of the molecule is O=c1cc2c(nn1CCN1CCN(c3nc4ccccc4o3)CC1)CCCC2. The van der Waals surface area contributed by atoms with Crippen molar-refractivity contribution in [1.29, 1.82) is 0 Å². The Hall–Kier alpha value is -2.67. The summed E-state index contributed by atoms with van der Waals surface area (Å²) in [6, 6.07) is 10.4. The number of hydrogen-bond donors (Lipinski definition) is 0. The fourth-order valence-electron chi connectivity index (χ4n) is 4.16. The quantitative estimate of drug-likeness (QED) is 0.691. The predicted octanol–water partition coefficient (Wildman–Crippen LogP) is 2.09. The first-order valence-corrected chi connectivity index (χ1v) is 10.2. The van der Waals surface area contributed by atoms with Crippen LogP contribution in [0.5, 0.6) is 0 Å². The second kappa shape index (κ2) is 7.39. The van der Waals surface area contributed by atoms with E-state index in [1.165, 1.54) is 12.8 Å². The molecule has 1 aliphatic carbocycles. The zero-order valence-corrected chi connectivity index (χ0v) is 16.0. The summed E-state index contributed by atoms with van der Waals surface area (Å²) < 4.78 is 7.53. The molecule has 1 saturated heterocycles. The van der Waals surface area contributed by atoms with Crippen LogP contribution in [0.3, 0.4) is 0 Å². The number of anilines is 1. The molecule has 0 saturated carbocycles. The fourth-order valence-corrected chi connectivity index (χ4v) is 4.16. The maximum atomic E-state index is 12.3. The van der Waals surface area contributed by atoms with Gasteiger partial charge in [0.2, 0.25) is 0 Å². The lowest BCUT2D eigenvalue weighted by Gasteiger charge is -2.33. The molecule has 28 heavy (non-hydrogen) atoms. The largest absolute Gasteiger partial charge is 0.423 e. The van der Waals surface area contributed by atoms with Crippen LogP contribution in [-0.4, -0.2) is 52.4 Å². The zero-order chi connectivity index (χ0) is 18.9. The predicted molar refractivity (Wildman–Crippen MR) is 108 cm³/mol. The highest BCUT2D eigenvalue weighted by molar-refractivity contribution is 5.74. The normalized spacial score (nSPS) is 17.8. The van der Waals surface area contributed by atoms with E-state index in [-0.39, 0.29) is 5.56 Å². The van der Waals surface area contributed by atoms with Crippen molar-refractivity contribution in [3.05, 3.63) is 51.9 Å². The molecule has 146 valence electrons. The van der Waals surface area contributed by atoms with Gasteiger partial charge in [0.15, 0.2) is 5.58 Å². The van der Waals surface area contributed by atoms with Crippen molar-refractivity contribution in [1.82, 2.24) is 19.7 Å². The van der Waals surface area contributed by atoms with Crippen LogP contribution in [0.2, 0.25) is 0 Å². The van der Waals surface area contributed by atoms with Gasteiger partial charge in [0.05, 0.1) is 12.2 Å². The van der Waals surface area contributed by atoms with E-state index in [2.05, 4.69) is 19.9 Å². The highest BCUT2D eigenvalue weighted by atomic mass is 16.4. The van der Waals surface area contributed by atoms with Gasteiger partial charge >= 0.3 is 0 Å². The summed E-state index contributed by atoms with van der Waals surface area (Å²) in [4.78, 5) is 21.5. The molecule has 0 spiro atoms. The minimum Gasteiger partial charge on any atom is -0.423 e. The smallest absolute Gasteiger partial charge is 0.298 e. The lowest BCUT2D eigenvalue weighted by Crippen LogP contribution is -2.47. The highest BCUT2D eigenvalue weighted by Gasteiger charge is 2.21. The minimum absolute atomic E-state index is 0.0331. The monoisotopic (exact) mass is 379 g/mol. The summed E-state index contributed by atoms with van der Waals surface area (Å²) in [5.74, 6) is 0. The molecule has 0 bridgehead atoms. The van der Waals surface area contributed by atoms with E-state index >= 15 is 0 Å². The van der Waals surface area contributed by atoms with E-state index < -0.39 is 0 Å². The van der Waals surface area contributed by atoms with Gasteiger partial charge in [0.25, 0.3) is 11.6 Å². The van der Waals surface area contributed by atoms with Crippen LogP contribution >= 0.6 is 0 Å². The molecule has 0 radical (unpaired) electrons. The standard InChI is InChI=1S/C21H25N5O2/c27-20-15-16-5-1-2-6-17(16)23-26(20)14-11-24-9-12-25(13-10-24)21-22-18-7-3-4-8-19(18)28-21/h3-4,7-8,15H,1-2,5-6,9-14H2. The molecule has 7 nitrogen and oxygen atoms in total. The van der Waals surface area contributed by atoms with E-state index in [0.29, 0.717) is 12.6 Å². The Morgan fingerprint density at radius 3 is 2.68 bits per heavy atom. The Bertz CT molecular complexity index is 1000. The molecule has 0 amide bonds. The number of piperazine rings is 1. The van der Waals surface area contributed by atoms with E-state index in [9.17, 15) is 4.79 Å². The van der Waals surface area contributed by atoms with Gasteiger partial charge in [-0.1, -0.05) is 12.1 Å². The first-order valence-electron chi connectivity index (χ1n) is 10.2. The van der Waals surface area contributed by atoms with Crippen LogP contribution in [0, 0.1) is 0 Å². The van der Waals surface area contributed by atoms with Crippen molar-refractivity contribution in [2.24, 2.45) is 0 Å². The number of fused-ring (bicyclic) bond motifs is 2. The Labute approximate surface area is 163 Å². The van der Waals surface area contributed by atoms with E-state index in [0.717, 1.165) is 67.9 Å². The van der Waals surface area contributed by atoms with Gasteiger partial charge in [-0.05, 0) is 43.4 Å². The van der Waals surface area contributed by atoms with E-state index in [4.69, 9.17) is 4.42 Å². The van der Waals surface area contributed by atoms with Gasteiger partial charge < -0.3 is 9.32 Å². The van der Waals surface area contributed by atoms with Crippen LogP contribution in [0.15, 0.2) is 39.5 Å². The molecule has 5 rings (SSSR count). The van der Waals surface area contributed by atoms with Gasteiger partial charge in [0, 0.05) is 38.8 Å². The van der Waals surface area contributed by atoms with Crippen LogP contribution in [0.25, 0.3) is 11.1 Å².